The van der Waals surface area contributed by atoms with Gasteiger partial charge in [0.2, 0.25) is 15.9 Å². The zero-order chi connectivity index (χ0) is 21.4. The maximum absolute atomic E-state index is 12.8. The summed E-state index contributed by atoms with van der Waals surface area (Å²) in [5.74, 6) is -0.0997. The first-order valence-electron chi connectivity index (χ1n) is 9.65. The molecule has 0 saturated carbocycles. The molecule has 158 valence electrons. The van der Waals surface area contributed by atoms with Crippen molar-refractivity contribution in [3.05, 3.63) is 18.2 Å². The number of rotatable bonds is 11. The molecule has 0 aliphatic rings. The lowest BCUT2D eigenvalue weighted by molar-refractivity contribution is -0.118. The topological polar surface area (TPSA) is 108 Å². The van der Waals surface area contributed by atoms with Gasteiger partial charge in [-0.15, -0.1) is 0 Å². The average Bonchev–Trinajstić information content (AvgIpc) is 3.06. The van der Waals surface area contributed by atoms with Crippen LogP contribution < -0.4 is 5.32 Å². The van der Waals surface area contributed by atoms with Gasteiger partial charge in [0, 0.05) is 19.6 Å². The molecule has 0 aliphatic carbocycles. The lowest BCUT2D eigenvalue weighted by Crippen LogP contribution is -2.30. The third-order valence-electron chi connectivity index (χ3n) is 4.46. The Morgan fingerprint density at radius 1 is 1.31 bits per heavy atom. The summed E-state index contributed by atoms with van der Waals surface area (Å²) in [6.07, 6.45) is 1.94. The van der Waals surface area contributed by atoms with Gasteiger partial charge in [-0.05, 0) is 24.6 Å². The van der Waals surface area contributed by atoms with Crippen LogP contribution >= 0.6 is 11.8 Å². The van der Waals surface area contributed by atoms with Crippen LogP contribution in [0.2, 0.25) is 0 Å². The number of aryl methyl sites for hydroxylation is 1. The summed E-state index contributed by atoms with van der Waals surface area (Å²) in [7, 11) is -3.57. The zero-order valence-electron chi connectivity index (χ0n) is 17.0. The predicted octanol–water partition coefficient (Wildman–Crippen LogP) is 2.60. The van der Waals surface area contributed by atoms with Gasteiger partial charge in [-0.1, -0.05) is 39.0 Å². The molecule has 0 fully saturated rings. The molecule has 2 aromatic rings. The van der Waals surface area contributed by atoms with Gasteiger partial charge in [-0.25, -0.2) is 13.4 Å². The number of thioether (sulfide) groups is 1. The number of sulfonamides is 1. The first-order valence-corrected chi connectivity index (χ1v) is 12.1. The Morgan fingerprint density at radius 2 is 2.03 bits per heavy atom. The second-order valence-corrected chi connectivity index (χ2v) is 9.24. The van der Waals surface area contributed by atoms with Crippen LogP contribution in [0.5, 0.6) is 0 Å². The van der Waals surface area contributed by atoms with E-state index in [4.69, 9.17) is 5.26 Å². The Kier molecular flexibility index (Phi) is 8.49. The van der Waals surface area contributed by atoms with E-state index < -0.39 is 10.0 Å². The molecule has 1 heterocycles. The minimum absolute atomic E-state index is 0.0295. The largest absolute Gasteiger partial charge is 0.342 e. The van der Waals surface area contributed by atoms with Crippen molar-refractivity contribution in [2.24, 2.45) is 0 Å². The summed E-state index contributed by atoms with van der Waals surface area (Å²) >= 11 is 1.28. The van der Waals surface area contributed by atoms with E-state index in [-0.39, 0.29) is 23.1 Å². The van der Waals surface area contributed by atoms with Gasteiger partial charge in [0.05, 0.1) is 27.8 Å². The zero-order valence-corrected chi connectivity index (χ0v) is 18.6. The molecule has 8 nitrogen and oxygen atoms in total. The molecule has 0 radical (unpaired) electrons. The predicted molar refractivity (Wildman–Crippen MR) is 114 cm³/mol. The van der Waals surface area contributed by atoms with Crippen LogP contribution in [0.15, 0.2) is 28.3 Å². The second-order valence-electron chi connectivity index (χ2n) is 6.36. The quantitative estimate of drug-likeness (QED) is 0.428. The summed E-state index contributed by atoms with van der Waals surface area (Å²) < 4.78 is 29.1. The Bertz CT molecular complexity index is 991. The summed E-state index contributed by atoms with van der Waals surface area (Å²) in [5.41, 5.74) is 1.44. The second kappa shape index (κ2) is 10.6. The molecule has 1 amide bonds. The summed E-state index contributed by atoms with van der Waals surface area (Å²) in [6, 6.07) is 6.88. The van der Waals surface area contributed by atoms with E-state index in [2.05, 4.69) is 17.2 Å². The number of hydrogen-bond donors (Lipinski definition) is 1. The molecule has 0 unspecified atom stereocenters. The van der Waals surface area contributed by atoms with Gasteiger partial charge in [-0.3, -0.25) is 4.79 Å². The van der Waals surface area contributed by atoms with Crippen LogP contribution in [0.3, 0.4) is 0 Å². The number of carbonyl (C=O) groups excluding carboxylic acids is 1. The Balaban J connectivity index is 2.39. The number of nitriles is 1. The van der Waals surface area contributed by atoms with Crippen molar-refractivity contribution < 1.29 is 13.2 Å². The van der Waals surface area contributed by atoms with Crippen LogP contribution in [0.1, 0.15) is 33.6 Å². The molecule has 0 saturated heterocycles. The van der Waals surface area contributed by atoms with E-state index in [0.29, 0.717) is 23.8 Å². The maximum atomic E-state index is 12.8. The number of fused-ring (bicyclic) bond motifs is 1. The lowest BCUT2D eigenvalue weighted by atomic mass is 10.3. The molecule has 10 heteroatoms. The normalized spacial score (nSPS) is 11.7. The number of imidazole rings is 1. The number of nitrogens with zero attached hydrogens (tertiary/aromatic N) is 4. The fraction of sp³-hybridized carbons (Fsp3) is 0.526. The average molecular weight is 438 g/mol. The van der Waals surface area contributed by atoms with Crippen LogP contribution in [0.25, 0.3) is 11.0 Å². The molecule has 0 aliphatic heterocycles. The number of carbonyl (C=O) groups is 1. The fourth-order valence-corrected chi connectivity index (χ4v) is 5.27. The standard InChI is InChI=1S/C19H27N5O3S2/c1-4-7-12-24-17-9-8-15(29(26,27)23(5-2)6-3)13-16(17)22-19(24)28-14-18(25)21-11-10-20/h8-9,13H,4-7,11-12,14H2,1-3H3,(H,21,25). The van der Waals surface area contributed by atoms with Crippen molar-refractivity contribution >= 4 is 38.7 Å². The Hall–Kier alpha value is -2.09. The highest BCUT2D eigenvalue weighted by atomic mass is 32.2. The van der Waals surface area contributed by atoms with Crippen molar-refractivity contribution in [2.75, 3.05) is 25.4 Å². The van der Waals surface area contributed by atoms with Gasteiger partial charge in [0.25, 0.3) is 0 Å². The minimum atomic E-state index is -3.57. The van der Waals surface area contributed by atoms with Crippen LogP contribution in [-0.2, 0) is 21.4 Å². The SMILES string of the molecule is CCCCn1c(SCC(=O)NCC#N)nc2cc(S(=O)(=O)N(CC)CC)ccc21. The van der Waals surface area contributed by atoms with E-state index in [1.165, 1.54) is 16.1 Å². The van der Waals surface area contributed by atoms with Crippen LogP contribution in [0.4, 0.5) is 0 Å². The van der Waals surface area contributed by atoms with Crippen molar-refractivity contribution in [2.45, 2.75) is 50.2 Å². The van der Waals surface area contributed by atoms with Crippen molar-refractivity contribution in [3.63, 3.8) is 0 Å². The number of hydrogen-bond acceptors (Lipinski definition) is 6. The number of amides is 1. The van der Waals surface area contributed by atoms with Gasteiger partial charge in [0.15, 0.2) is 5.16 Å². The molecule has 1 aromatic carbocycles. The third kappa shape index (κ3) is 5.50. The highest BCUT2D eigenvalue weighted by Gasteiger charge is 2.23. The van der Waals surface area contributed by atoms with Gasteiger partial charge >= 0.3 is 0 Å². The maximum Gasteiger partial charge on any atom is 0.243 e. The highest BCUT2D eigenvalue weighted by molar-refractivity contribution is 7.99. The fourth-order valence-electron chi connectivity index (χ4n) is 2.92. The van der Waals surface area contributed by atoms with E-state index >= 15 is 0 Å². The van der Waals surface area contributed by atoms with Crippen molar-refractivity contribution in [3.8, 4) is 6.07 Å². The number of benzene rings is 1. The number of unbranched alkanes of at least 4 members (excludes halogenated alkanes) is 1. The van der Waals surface area contributed by atoms with Gasteiger partial charge < -0.3 is 9.88 Å². The summed E-state index contributed by atoms with van der Waals surface area (Å²) in [5, 5.41) is 11.7. The van der Waals surface area contributed by atoms with Crippen LogP contribution in [0, 0.1) is 11.3 Å². The monoisotopic (exact) mass is 437 g/mol. The smallest absolute Gasteiger partial charge is 0.243 e. The molecule has 0 bridgehead atoms. The van der Waals surface area contributed by atoms with E-state index in [0.717, 1.165) is 24.9 Å². The van der Waals surface area contributed by atoms with Crippen LogP contribution in [-0.4, -0.2) is 53.6 Å². The van der Waals surface area contributed by atoms with E-state index in [1.54, 1.807) is 18.2 Å². The lowest BCUT2D eigenvalue weighted by Gasteiger charge is -2.18. The molecular weight excluding hydrogens is 410 g/mol. The van der Waals surface area contributed by atoms with Crippen molar-refractivity contribution in [1.82, 2.24) is 19.2 Å². The molecule has 1 aromatic heterocycles. The van der Waals surface area contributed by atoms with Gasteiger partial charge in [-0.2, -0.15) is 9.57 Å². The van der Waals surface area contributed by atoms with Crippen molar-refractivity contribution in [1.29, 1.82) is 5.26 Å². The molecule has 29 heavy (non-hydrogen) atoms. The highest BCUT2D eigenvalue weighted by Crippen LogP contribution is 2.27. The Labute approximate surface area is 176 Å². The minimum Gasteiger partial charge on any atom is -0.342 e. The third-order valence-corrected chi connectivity index (χ3v) is 7.48. The van der Waals surface area contributed by atoms with E-state index in [9.17, 15) is 13.2 Å². The summed E-state index contributed by atoms with van der Waals surface area (Å²) in [4.78, 5) is 16.7. The molecular formula is C19H27N5O3S2. The molecule has 2 rings (SSSR count). The molecule has 0 atom stereocenters. The number of nitrogens with one attached hydrogen (secondary N) is 1. The summed E-state index contributed by atoms with van der Waals surface area (Å²) in [6.45, 7) is 7.23. The van der Waals surface area contributed by atoms with E-state index in [1.807, 2.05) is 24.5 Å². The Morgan fingerprint density at radius 3 is 2.66 bits per heavy atom. The first kappa shape index (κ1) is 23.2. The molecule has 0 spiro atoms. The van der Waals surface area contributed by atoms with Gasteiger partial charge in [0.1, 0.15) is 6.54 Å². The first-order chi connectivity index (χ1) is 13.9. The molecule has 1 N–H and O–H groups in total. The number of aromatic nitrogens is 2.